The van der Waals surface area contributed by atoms with Crippen LogP contribution in [-0.2, 0) is 27.8 Å². The number of hydrogen-bond acceptors (Lipinski definition) is 9. The van der Waals surface area contributed by atoms with Crippen molar-refractivity contribution < 1.29 is 41.9 Å². The lowest BCUT2D eigenvalue weighted by molar-refractivity contribution is -0.0694. The SMILES string of the molecule is CC(C)OC(=O)OC(C)n1c(=O)c(F)cn([C@H]2C[C@@H]3OP(=O)(O)OC[C@H]3O2)c1=O. The lowest BCUT2D eigenvalue weighted by atomic mass is 10.2. The molecule has 0 aromatic carbocycles. The monoisotopic (exact) mass is 438 g/mol. The van der Waals surface area contributed by atoms with Crippen LogP contribution in [0.15, 0.2) is 15.8 Å². The molecule has 3 heterocycles. The highest BCUT2D eigenvalue weighted by molar-refractivity contribution is 7.47. The standard InChI is InChI=1S/C15H20FN2O10P/c1-7(2)25-15(21)26-8(3)18-13(19)9(16)5-17(14(18)20)12-4-10-11(27-12)6-24-29(22,23)28-10/h5,7-8,10-12H,4,6H2,1-3H3,(H,22,23)/t8?,10-,11+,12+/m0/s1. The molecular weight excluding hydrogens is 418 g/mol. The third kappa shape index (κ3) is 4.59. The van der Waals surface area contributed by atoms with Crippen LogP contribution >= 0.6 is 7.82 Å². The first-order valence-corrected chi connectivity index (χ1v) is 10.2. The van der Waals surface area contributed by atoms with Crippen molar-refractivity contribution in [1.29, 1.82) is 0 Å². The minimum atomic E-state index is -4.22. The van der Waals surface area contributed by atoms with E-state index in [1.54, 1.807) is 13.8 Å². The van der Waals surface area contributed by atoms with Gasteiger partial charge in [0.05, 0.1) is 18.9 Å². The van der Waals surface area contributed by atoms with Gasteiger partial charge in [-0.05, 0) is 20.8 Å². The third-order valence-electron chi connectivity index (χ3n) is 4.23. The number of hydrogen-bond donors (Lipinski definition) is 1. The van der Waals surface area contributed by atoms with E-state index in [1.807, 2.05) is 0 Å². The highest BCUT2D eigenvalue weighted by atomic mass is 31.2. The lowest BCUT2D eigenvalue weighted by Crippen LogP contribution is -2.45. The topological polar surface area (TPSA) is 145 Å². The zero-order chi connectivity index (χ0) is 21.5. The molecule has 0 amide bonds. The predicted molar refractivity (Wildman–Crippen MR) is 91.5 cm³/mol. The molecule has 0 saturated carbocycles. The molecule has 0 aliphatic carbocycles. The minimum absolute atomic E-state index is 0.0687. The molecule has 3 rings (SSSR count). The Hall–Kier alpha value is -2.05. The maximum absolute atomic E-state index is 14.2. The molecule has 2 unspecified atom stereocenters. The number of fused-ring (bicyclic) bond motifs is 1. The molecule has 29 heavy (non-hydrogen) atoms. The van der Waals surface area contributed by atoms with E-state index in [0.29, 0.717) is 10.8 Å². The van der Waals surface area contributed by atoms with Crippen molar-refractivity contribution in [2.75, 3.05) is 6.61 Å². The van der Waals surface area contributed by atoms with Crippen LogP contribution in [0, 0.1) is 5.82 Å². The van der Waals surface area contributed by atoms with Crippen molar-refractivity contribution in [3.05, 3.63) is 32.9 Å². The summed E-state index contributed by atoms with van der Waals surface area (Å²) in [6.07, 6.45) is -5.26. The Kier molecular flexibility index (Phi) is 5.97. The average Bonchev–Trinajstić information content (AvgIpc) is 2.98. The number of nitrogens with zero attached hydrogens (tertiary/aromatic N) is 2. The van der Waals surface area contributed by atoms with Crippen LogP contribution in [0.1, 0.15) is 39.6 Å². The summed E-state index contributed by atoms with van der Waals surface area (Å²) in [5.41, 5.74) is -2.32. The van der Waals surface area contributed by atoms with E-state index < -0.39 is 61.8 Å². The van der Waals surface area contributed by atoms with Crippen LogP contribution in [0.2, 0.25) is 0 Å². The van der Waals surface area contributed by atoms with Gasteiger partial charge in [-0.15, -0.1) is 0 Å². The van der Waals surface area contributed by atoms with Crippen molar-refractivity contribution in [1.82, 2.24) is 9.13 Å². The highest BCUT2D eigenvalue weighted by Gasteiger charge is 2.46. The normalized spacial score (nSPS) is 30.1. The van der Waals surface area contributed by atoms with E-state index in [4.69, 9.17) is 18.7 Å². The summed E-state index contributed by atoms with van der Waals surface area (Å²) in [6, 6.07) is 0. The lowest BCUT2D eigenvalue weighted by Gasteiger charge is -2.26. The van der Waals surface area contributed by atoms with Crippen molar-refractivity contribution in [2.24, 2.45) is 0 Å². The first-order chi connectivity index (χ1) is 13.5. The van der Waals surface area contributed by atoms with E-state index >= 15 is 0 Å². The third-order valence-corrected chi connectivity index (χ3v) is 5.24. The maximum Gasteiger partial charge on any atom is 0.510 e. The second-order valence-corrected chi connectivity index (χ2v) is 8.16. The minimum Gasteiger partial charge on any atom is -0.432 e. The first kappa shape index (κ1) is 21.7. The molecule has 2 aliphatic rings. The fraction of sp³-hybridized carbons (Fsp3) is 0.667. The van der Waals surface area contributed by atoms with Gasteiger partial charge < -0.3 is 19.1 Å². The first-order valence-electron chi connectivity index (χ1n) is 8.70. The van der Waals surface area contributed by atoms with E-state index in [9.17, 15) is 28.2 Å². The molecular formula is C15H20FN2O10P. The molecule has 5 atom stereocenters. The fourth-order valence-electron chi connectivity index (χ4n) is 3.00. The van der Waals surface area contributed by atoms with Crippen molar-refractivity contribution >= 4 is 14.0 Å². The fourth-order valence-corrected chi connectivity index (χ4v) is 3.96. The van der Waals surface area contributed by atoms with Gasteiger partial charge in [0.2, 0.25) is 5.82 Å². The van der Waals surface area contributed by atoms with Gasteiger partial charge in [0.25, 0.3) is 5.56 Å². The Labute approximate surface area is 163 Å². The Morgan fingerprint density at radius 3 is 2.66 bits per heavy atom. The smallest absolute Gasteiger partial charge is 0.432 e. The van der Waals surface area contributed by atoms with Crippen LogP contribution in [0.25, 0.3) is 0 Å². The summed E-state index contributed by atoms with van der Waals surface area (Å²) in [5.74, 6) is -1.29. The van der Waals surface area contributed by atoms with Crippen molar-refractivity contribution in [3.8, 4) is 0 Å². The molecule has 0 bridgehead atoms. The summed E-state index contributed by atoms with van der Waals surface area (Å²) in [5, 5.41) is 0. The van der Waals surface area contributed by atoms with Gasteiger partial charge in [-0.1, -0.05) is 0 Å². The largest absolute Gasteiger partial charge is 0.510 e. The van der Waals surface area contributed by atoms with Gasteiger partial charge >= 0.3 is 19.7 Å². The molecule has 2 saturated heterocycles. The maximum atomic E-state index is 14.2. The summed E-state index contributed by atoms with van der Waals surface area (Å²) in [6.45, 7) is 4.08. The van der Waals surface area contributed by atoms with Crippen LogP contribution < -0.4 is 11.2 Å². The van der Waals surface area contributed by atoms with E-state index in [-0.39, 0.29) is 13.0 Å². The van der Waals surface area contributed by atoms with Crippen LogP contribution in [0.5, 0.6) is 0 Å². The van der Waals surface area contributed by atoms with E-state index in [1.165, 1.54) is 6.92 Å². The van der Waals surface area contributed by atoms with Gasteiger partial charge in [-0.2, -0.15) is 4.39 Å². The molecule has 1 aromatic rings. The van der Waals surface area contributed by atoms with Crippen molar-refractivity contribution in [3.63, 3.8) is 0 Å². The van der Waals surface area contributed by atoms with Crippen LogP contribution in [0.4, 0.5) is 9.18 Å². The summed E-state index contributed by atoms with van der Waals surface area (Å²) in [7, 11) is -4.22. The Bertz CT molecular complexity index is 959. The number of aromatic nitrogens is 2. The predicted octanol–water partition coefficient (Wildman–Crippen LogP) is 1.03. The zero-order valence-electron chi connectivity index (χ0n) is 15.7. The molecule has 2 fully saturated rings. The second kappa shape index (κ2) is 8.00. The number of rotatable bonds is 4. The van der Waals surface area contributed by atoms with Gasteiger partial charge in [-0.25, -0.2) is 18.7 Å². The molecule has 162 valence electrons. The average molecular weight is 438 g/mol. The molecule has 0 radical (unpaired) electrons. The summed E-state index contributed by atoms with van der Waals surface area (Å²) < 4.78 is 51.7. The van der Waals surface area contributed by atoms with Gasteiger partial charge in [-0.3, -0.25) is 18.4 Å². The number of ether oxygens (including phenoxy) is 3. The summed E-state index contributed by atoms with van der Waals surface area (Å²) >= 11 is 0. The highest BCUT2D eigenvalue weighted by Crippen LogP contribution is 2.52. The number of carbonyl (C=O) groups excluding carboxylic acids is 1. The number of phosphoric acid groups is 1. The van der Waals surface area contributed by atoms with Gasteiger partial charge in [0.15, 0.2) is 6.23 Å². The molecule has 1 aromatic heterocycles. The molecule has 12 nitrogen and oxygen atoms in total. The zero-order valence-corrected chi connectivity index (χ0v) is 16.6. The molecule has 0 spiro atoms. The molecule has 14 heteroatoms. The molecule has 1 N–H and O–H groups in total. The van der Waals surface area contributed by atoms with E-state index in [2.05, 4.69) is 4.52 Å². The van der Waals surface area contributed by atoms with Crippen LogP contribution in [-0.4, -0.2) is 45.1 Å². The molecule has 2 aliphatic heterocycles. The number of carbonyl (C=O) groups is 1. The van der Waals surface area contributed by atoms with Crippen molar-refractivity contribution in [2.45, 2.75) is 58.0 Å². The number of phosphoric ester groups is 1. The van der Waals surface area contributed by atoms with Crippen LogP contribution in [0.3, 0.4) is 0 Å². The van der Waals surface area contributed by atoms with E-state index in [0.717, 1.165) is 4.57 Å². The Balaban J connectivity index is 1.88. The van der Waals surface area contributed by atoms with Gasteiger partial charge in [0.1, 0.15) is 18.4 Å². The van der Waals surface area contributed by atoms with Gasteiger partial charge in [0, 0.05) is 6.42 Å². The Morgan fingerprint density at radius 2 is 2.00 bits per heavy atom. The Morgan fingerprint density at radius 1 is 1.31 bits per heavy atom. The second-order valence-electron chi connectivity index (χ2n) is 6.75. The number of halogens is 1. The summed E-state index contributed by atoms with van der Waals surface area (Å²) in [4.78, 5) is 46.0. The quantitative estimate of drug-likeness (QED) is 0.534.